The molecule has 1 amide bonds. The molecule has 0 spiro atoms. The highest BCUT2D eigenvalue weighted by Gasteiger charge is 2.47. The lowest BCUT2D eigenvalue weighted by atomic mass is 9.99. The smallest absolute Gasteiger partial charge is 0.300 e. The number of carbonyl (C=O) groups excluding carboxylic acids is 2. The first-order valence-electron chi connectivity index (χ1n) is 9.34. The first-order valence-corrected chi connectivity index (χ1v) is 11.0. The van der Waals surface area contributed by atoms with Gasteiger partial charge in [-0.3, -0.25) is 14.5 Å². The van der Waals surface area contributed by atoms with Crippen molar-refractivity contribution in [3.8, 4) is 5.75 Å². The zero-order valence-corrected chi connectivity index (χ0v) is 18.4. The summed E-state index contributed by atoms with van der Waals surface area (Å²) in [5, 5.41) is 13.0. The van der Waals surface area contributed by atoms with Gasteiger partial charge in [-0.25, -0.2) is 0 Å². The molecule has 1 fully saturated rings. The molecule has 2 heterocycles. The predicted octanol–water partition coefficient (Wildman–Crippen LogP) is 5.54. The summed E-state index contributed by atoms with van der Waals surface area (Å²) in [6.45, 7) is 2.35. The van der Waals surface area contributed by atoms with Gasteiger partial charge in [-0.05, 0) is 48.7 Å². The van der Waals surface area contributed by atoms with Gasteiger partial charge in [0.1, 0.15) is 17.6 Å². The first-order chi connectivity index (χ1) is 14.5. The minimum atomic E-state index is -0.715. The molecule has 7 heteroatoms. The van der Waals surface area contributed by atoms with E-state index in [0.29, 0.717) is 23.6 Å². The fourth-order valence-corrected chi connectivity index (χ4v) is 4.71. The molecule has 3 aromatic rings. The van der Waals surface area contributed by atoms with Crippen LogP contribution >= 0.6 is 27.3 Å². The number of hydrogen-bond donors (Lipinski definition) is 1. The van der Waals surface area contributed by atoms with Crippen LogP contribution in [-0.2, 0) is 9.59 Å². The third kappa shape index (κ3) is 3.66. The van der Waals surface area contributed by atoms with Gasteiger partial charge in [0.2, 0.25) is 0 Å². The van der Waals surface area contributed by atoms with Crippen LogP contribution in [0.4, 0.5) is 5.69 Å². The number of aliphatic hydroxyl groups is 1. The van der Waals surface area contributed by atoms with E-state index in [2.05, 4.69) is 15.9 Å². The molecule has 1 unspecified atom stereocenters. The van der Waals surface area contributed by atoms with Crippen LogP contribution in [0, 0.1) is 0 Å². The molecule has 1 atom stereocenters. The molecule has 5 nitrogen and oxygen atoms in total. The third-order valence-electron chi connectivity index (χ3n) is 4.76. The van der Waals surface area contributed by atoms with Gasteiger partial charge in [0.05, 0.1) is 12.2 Å². The Labute approximate surface area is 186 Å². The van der Waals surface area contributed by atoms with E-state index >= 15 is 0 Å². The minimum absolute atomic E-state index is 0.0658. The van der Waals surface area contributed by atoms with Crippen molar-refractivity contribution in [1.82, 2.24) is 0 Å². The van der Waals surface area contributed by atoms with E-state index in [1.165, 1.54) is 16.2 Å². The summed E-state index contributed by atoms with van der Waals surface area (Å²) in [6.07, 6.45) is 0. The van der Waals surface area contributed by atoms with Crippen molar-refractivity contribution < 1.29 is 19.4 Å². The summed E-state index contributed by atoms with van der Waals surface area (Å²) in [6, 6.07) is 17.1. The molecule has 0 aliphatic carbocycles. The number of carbonyl (C=O) groups is 2. The summed E-state index contributed by atoms with van der Waals surface area (Å²) in [5.74, 6) is -1.03. The van der Waals surface area contributed by atoms with Crippen molar-refractivity contribution in [3.05, 3.63) is 86.5 Å². The first kappa shape index (κ1) is 20.4. The van der Waals surface area contributed by atoms with Gasteiger partial charge in [0.25, 0.3) is 11.7 Å². The number of amides is 1. The number of aliphatic hydroxyl groups excluding tert-OH is 1. The third-order valence-corrected chi connectivity index (χ3v) is 6.18. The molecule has 1 N–H and O–H groups in total. The molecule has 0 saturated carbocycles. The van der Waals surface area contributed by atoms with E-state index in [1.54, 1.807) is 42.5 Å². The number of ketones is 1. The monoisotopic (exact) mass is 483 g/mol. The minimum Gasteiger partial charge on any atom is -0.507 e. The van der Waals surface area contributed by atoms with Gasteiger partial charge in [-0.1, -0.05) is 40.2 Å². The number of thiophene rings is 1. The maximum Gasteiger partial charge on any atom is 0.300 e. The Hall–Kier alpha value is -2.90. The number of nitrogens with zero attached hydrogens (tertiary/aromatic N) is 1. The molecule has 1 aromatic heterocycles. The van der Waals surface area contributed by atoms with Crippen LogP contribution < -0.4 is 9.64 Å². The second kappa shape index (κ2) is 8.45. The Morgan fingerprint density at radius 3 is 2.63 bits per heavy atom. The Balaban J connectivity index is 1.90. The summed E-state index contributed by atoms with van der Waals surface area (Å²) >= 11 is 4.85. The van der Waals surface area contributed by atoms with E-state index in [1.807, 2.05) is 30.5 Å². The molecule has 4 rings (SSSR count). The Bertz CT molecular complexity index is 1140. The van der Waals surface area contributed by atoms with Gasteiger partial charge in [-0.15, -0.1) is 11.3 Å². The Kier molecular flexibility index (Phi) is 5.74. The maximum atomic E-state index is 13.1. The lowest BCUT2D eigenvalue weighted by Crippen LogP contribution is -2.29. The van der Waals surface area contributed by atoms with Crippen LogP contribution in [0.5, 0.6) is 5.75 Å². The van der Waals surface area contributed by atoms with Crippen molar-refractivity contribution in [1.29, 1.82) is 0 Å². The highest BCUT2D eigenvalue weighted by molar-refractivity contribution is 9.10. The SMILES string of the molecule is CCOc1cccc(/C(O)=C2/C(=O)C(=O)N(c3cccc(Br)c3)C2c2cccs2)c1. The lowest BCUT2D eigenvalue weighted by molar-refractivity contribution is -0.132. The number of benzene rings is 2. The predicted molar refractivity (Wildman–Crippen MR) is 121 cm³/mol. The molecule has 1 saturated heterocycles. The number of halogens is 1. The van der Waals surface area contributed by atoms with Gasteiger partial charge < -0.3 is 9.84 Å². The van der Waals surface area contributed by atoms with Crippen molar-refractivity contribution >= 4 is 50.4 Å². The number of Topliss-reactive ketones (excluding diaryl/α,β-unsaturated/α-hetero) is 1. The van der Waals surface area contributed by atoms with Crippen molar-refractivity contribution in [2.24, 2.45) is 0 Å². The van der Waals surface area contributed by atoms with Crippen LogP contribution in [0.1, 0.15) is 23.4 Å². The van der Waals surface area contributed by atoms with E-state index in [-0.39, 0.29) is 11.3 Å². The number of ether oxygens (including phenoxy) is 1. The number of rotatable bonds is 5. The number of hydrogen-bond acceptors (Lipinski definition) is 5. The van der Waals surface area contributed by atoms with Crippen molar-refractivity contribution in [3.63, 3.8) is 0 Å². The van der Waals surface area contributed by atoms with E-state index < -0.39 is 17.7 Å². The van der Waals surface area contributed by atoms with Crippen molar-refractivity contribution in [2.75, 3.05) is 11.5 Å². The molecule has 152 valence electrons. The Morgan fingerprint density at radius 2 is 1.93 bits per heavy atom. The summed E-state index contributed by atoms with van der Waals surface area (Å²) in [5.41, 5.74) is 1.07. The number of anilines is 1. The van der Waals surface area contributed by atoms with E-state index in [4.69, 9.17) is 4.74 Å². The molecule has 1 aliphatic rings. The zero-order valence-electron chi connectivity index (χ0n) is 16.0. The zero-order chi connectivity index (χ0) is 21.3. The average Bonchev–Trinajstić information content (AvgIpc) is 3.35. The van der Waals surface area contributed by atoms with Gasteiger partial charge >= 0.3 is 0 Å². The quantitative estimate of drug-likeness (QED) is 0.294. The van der Waals surface area contributed by atoms with E-state index in [0.717, 1.165) is 9.35 Å². The lowest BCUT2D eigenvalue weighted by Gasteiger charge is -2.24. The van der Waals surface area contributed by atoms with Crippen LogP contribution in [0.2, 0.25) is 0 Å². The maximum absolute atomic E-state index is 13.1. The Morgan fingerprint density at radius 1 is 1.13 bits per heavy atom. The van der Waals surface area contributed by atoms with Crippen LogP contribution in [0.25, 0.3) is 5.76 Å². The summed E-state index contributed by atoms with van der Waals surface area (Å²) < 4.78 is 6.30. The fourth-order valence-electron chi connectivity index (χ4n) is 3.50. The average molecular weight is 484 g/mol. The molecular formula is C23H18BrNO4S. The van der Waals surface area contributed by atoms with Crippen LogP contribution in [0.15, 0.2) is 76.1 Å². The van der Waals surface area contributed by atoms with Gasteiger partial charge in [0, 0.05) is 20.6 Å². The molecule has 0 bridgehead atoms. The van der Waals surface area contributed by atoms with Gasteiger partial charge in [-0.2, -0.15) is 0 Å². The second-order valence-electron chi connectivity index (χ2n) is 6.63. The second-order valence-corrected chi connectivity index (χ2v) is 8.52. The molecule has 1 aliphatic heterocycles. The highest BCUT2D eigenvalue weighted by atomic mass is 79.9. The summed E-state index contributed by atoms with van der Waals surface area (Å²) in [7, 11) is 0. The van der Waals surface area contributed by atoms with Crippen LogP contribution in [-0.4, -0.2) is 23.4 Å². The van der Waals surface area contributed by atoms with Gasteiger partial charge in [0.15, 0.2) is 0 Å². The van der Waals surface area contributed by atoms with Crippen molar-refractivity contribution in [2.45, 2.75) is 13.0 Å². The van der Waals surface area contributed by atoms with Crippen LogP contribution in [0.3, 0.4) is 0 Å². The van der Waals surface area contributed by atoms with E-state index in [9.17, 15) is 14.7 Å². The molecular weight excluding hydrogens is 466 g/mol. The summed E-state index contributed by atoms with van der Waals surface area (Å²) in [4.78, 5) is 28.3. The highest BCUT2D eigenvalue weighted by Crippen LogP contribution is 2.44. The molecule has 0 radical (unpaired) electrons. The topological polar surface area (TPSA) is 66.8 Å². The fraction of sp³-hybridized carbons (Fsp3) is 0.130. The molecule has 2 aromatic carbocycles. The normalized spacial score (nSPS) is 18.1. The molecule has 30 heavy (non-hydrogen) atoms. The standard InChI is InChI=1S/C23H18BrNO4S/c1-2-29-17-9-3-6-14(12-17)21(26)19-20(18-10-5-11-30-18)25(23(28)22(19)27)16-8-4-7-15(24)13-16/h3-13,20,26H,2H2,1H3/b21-19-. The largest absolute Gasteiger partial charge is 0.507 e.